The number of rotatable bonds is 4. The number of nitrogens with one attached hydrogen (secondary N) is 1. The summed E-state index contributed by atoms with van der Waals surface area (Å²) in [6.07, 6.45) is 0.971. The molecule has 0 atom stereocenters. The first-order chi connectivity index (χ1) is 7.50. The number of hydrogen-bond donors (Lipinski definition) is 1. The van der Waals surface area contributed by atoms with E-state index in [1.54, 1.807) is 18.2 Å². The van der Waals surface area contributed by atoms with Gasteiger partial charge >= 0.3 is 0 Å². The largest absolute Gasteiger partial charge is 0.354 e. The molecule has 0 bridgehead atoms. The van der Waals surface area contributed by atoms with Crippen LogP contribution in [0, 0.1) is 0 Å². The van der Waals surface area contributed by atoms with Gasteiger partial charge in [-0.1, -0.05) is 29.3 Å². The second-order valence-corrected chi connectivity index (χ2v) is 4.74. The number of halogens is 2. The molecule has 0 saturated heterocycles. The molecule has 0 fully saturated rings. The Morgan fingerprint density at radius 3 is 2.38 bits per heavy atom. The number of benzene rings is 1. The number of carbonyl (C=O) groups is 1. The summed E-state index contributed by atoms with van der Waals surface area (Å²) in [5.41, 5.74) is 0.838. The standard InChI is InChI=1S/C12H15Cl2NO/c1-8(2)15-12(16)7-6-9-10(13)4-3-5-11(9)14/h3-5,8H,6-7H2,1-2H3,(H,15,16). The van der Waals surface area contributed by atoms with Crippen molar-refractivity contribution in [3.8, 4) is 0 Å². The summed E-state index contributed by atoms with van der Waals surface area (Å²) in [5, 5.41) is 4.06. The summed E-state index contributed by atoms with van der Waals surface area (Å²) in [6, 6.07) is 5.52. The molecular formula is C12H15Cl2NO. The molecule has 0 unspecified atom stereocenters. The van der Waals surface area contributed by atoms with Crippen LogP contribution in [-0.2, 0) is 11.2 Å². The highest BCUT2D eigenvalue weighted by Gasteiger charge is 2.08. The second-order valence-electron chi connectivity index (χ2n) is 3.92. The molecule has 1 rings (SSSR count). The molecule has 1 aromatic carbocycles. The highest BCUT2D eigenvalue weighted by atomic mass is 35.5. The fourth-order valence-corrected chi connectivity index (χ4v) is 1.99. The Morgan fingerprint density at radius 1 is 1.31 bits per heavy atom. The fraction of sp³-hybridized carbons (Fsp3) is 0.417. The summed E-state index contributed by atoms with van der Waals surface area (Å²) in [5.74, 6) is 0.0194. The van der Waals surface area contributed by atoms with Crippen molar-refractivity contribution >= 4 is 29.1 Å². The molecule has 1 amide bonds. The molecule has 0 aromatic heterocycles. The molecule has 1 aromatic rings. The number of hydrogen-bond acceptors (Lipinski definition) is 1. The van der Waals surface area contributed by atoms with Gasteiger partial charge in [0, 0.05) is 22.5 Å². The van der Waals surface area contributed by atoms with Crippen molar-refractivity contribution in [2.75, 3.05) is 0 Å². The van der Waals surface area contributed by atoms with Gasteiger partial charge in [0.2, 0.25) is 5.91 Å². The van der Waals surface area contributed by atoms with Gasteiger partial charge < -0.3 is 5.32 Å². The van der Waals surface area contributed by atoms with Crippen LogP contribution >= 0.6 is 23.2 Å². The first-order valence-corrected chi connectivity index (χ1v) is 5.98. The highest BCUT2D eigenvalue weighted by molar-refractivity contribution is 6.36. The summed E-state index contributed by atoms with van der Waals surface area (Å²) >= 11 is 12.0. The van der Waals surface area contributed by atoms with Gasteiger partial charge in [0.15, 0.2) is 0 Å². The molecule has 0 spiro atoms. The zero-order valence-electron chi connectivity index (χ0n) is 9.39. The van der Waals surface area contributed by atoms with Crippen LogP contribution in [0.15, 0.2) is 18.2 Å². The van der Waals surface area contributed by atoms with Crippen LogP contribution in [0.3, 0.4) is 0 Å². The number of amides is 1. The van der Waals surface area contributed by atoms with Gasteiger partial charge in [0.05, 0.1) is 0 Å². The maximum absolute atomic E-state index is 11.5. The van der Waals surface area contributed by atoms with E-state index in [0.717, 1.165) is 5.56 Å². The Labute approximate surface area is 106 Å². The lowest BCUT2D eigenvalue weighted by Crippen LogP contribution is -2.30. The minimum absolute atomic E-state index is 0.0194. The quantitative estimate of drug-likeness (QED) is 0.882. The van der Waals surface area contributed by atoms with E-state index in [4.69, 9.17) is 23.2 Å². The van der Waals surface area contributed by atoms with Crippen molar-refractivity contribution in [2.24, 2.45) is 0 Å². The molecular weight excluding hydrogens is 245 g/mol. The topological polar surface area (TPSA) is 29.1 Å². The maximum atomic E-state index is 11.5. The van der Waals surface area contributed by atoms with Gasteiger partial charge in [-0.25, -0.2) is 0 Å². The van der Waals surface area contributed by atoms with E-state index in [1.807, 2.05) is 13.8 Å². The van der Waals surface area contributed by atoms with Crippen LogP contribution in [0.1, 0.15) is 25.8 Å². The van der Waals surface area contributed by atoms with E-state index >= 15 is 0 Å². The predicted molar refractivity (Wildman–Crippen MR) is 68.1 cm³/mol. The van der Waals surface area contributed by atoms with Crippen molar-refractivity contribution in [1.82, 2.24) is 5.32 Å². The van der Waals surface area contributed by atoms with Gasteiger partial charge in [-0.2, -0.15) is 0 Å². The third kappa shape index (κ3) is 4.03. The molecule has 0 heterocycles. The highest BCUT2D eigenvalue weighted by Crippen LogP contribution is 2.25. The molecule has 0 radical (unpaired) electrons. The van der Waals surface area contributed by atoms with E-state index in [9.17, 15) is 4.79 Å². The van der Waals surface area contributed by atoms with Gasteiger partial charge in [-0.15, -0.1) is 0 Å². The monoisotopic (exact) mass is 259 g/mol. The minimum Gasteiger partial charge on any atom is -0.354 e. The van der Waals surface area contributed by atoms with Gasteiger partial charge in [-0.3, -0.25) is 4.79 Å². The zero-order valence-corrected chi connectivity index (χ0v) is 10.9. The van der Waals surface area contributed by atoms with Crippen molar-refractivity contribution in [3.63, 3.8) is 0 Å². The van der Waals surface area contributed by atoms with Gasteiger partial charge in [0.1, 0.15) is 0 Å². The summed E-state index contributed by atoms with van der Waals surface area (Å²) in [6.45, 7) is 3.86. The molecule has 1 N–H and O–H groups in total. The van der Waals surface area contributed by atoms with Crippen LogP contribution in [0.4, 0.5) is 0 Å². The molecule has 2 nitrogen and oxygen atoms in total. The third-order valence-corrected chi connectivity index (χ3v) is 2.82. The van der Waals surface area contributed by atoms with Crippen molar-refractivity contribution in [3.05, 3.63) is 33.8 Å². The lowest BCUT2D eigenvalue weighted by Gasteiger charge is -2.09. The molecule has 0 aliphatic heterocycles. The molecule has 0 aliphatic carbocycles. The lowest BCUT2D eigenvalue weighted by atomic mass is 10.1. The van der Waals surface area contributed by atoms with Crippen LogP contribution in [-0.4, -0.2) is 11.9 Å². The third-order valence-electron chi connectivity index (χ3n) is 2.11. The van der Waals surface area contributed by atoms with E-state index < -0.39 is 0 Å². The molecule has 88 valence electrons. The van der Waals surface area contributed by atoms with Crippen LogP contribution in [0.25, 0.3) is 0 Å². The van der Waals surface area contributed by atoms with Crippen molar-refractivity contribution < 1.29 is 4.79 Å². The zero-order chi connectivity index (χ0) is 12.1. The van der Waals surface area contributed by atoms with E-state index in [0.29, 0.717) is 22.9 Å². The van der Waals surface area contributed by atoms with Gasteiger partial charge in [0.25, 0.3) is 0 Å². The summed E-state index contributed by atoms with van der Waals surface area (Å²) in [7, 11) is 0. The Kier molecular flexibility index (Phi) is 5.10. The smallest absolute Gasteiger partial charge is 0.220 e. The predicted octanol–water partition coefficient (Wildman–Crippen LogP) is 3.45. The van der Waals surface area contributed by atoms with Crippen molar-refractivity contribution in [1.29, 1.82) is 0 Å². The normalized spacial score (nSPS) is 10.6. The van der Waals surface area contributed by atoms with Crippen LogP contribution in [0.2, 0.25) is 10.0 Å². The van der Waals surface area contributed by atoms with Crippen LogP contribution < -0.4 is 5.32 Å². The first kappa shape index (κ1) is 13.3. The Morgan fingerprint density at radius 2 is 1.88 bits per heavy atom. The Bertz CT molecular complexity index is 357. The van der Waals surface area contributed by atoms with E-state index in [2.05, 4.69) is 5.32 Å². The van der Waals surface area contributed by atoms with Crippen molar-refractivity contribution in [2.45, 2.75) is 32.7 Å². The average molecular weight is 260 g/mol. The van der Waals surface area contributed by atoms with E-state index in [1.165, 1.54) is 0 Å². The van der Waals surface area contributed by atoms with Gasteiger partial charge in [-0.05, 0) is 38.0 Å². The Balaban J connectivity index is 2.58. The summed E-state index contributed by atoms with van der Waals surface area (Å²) in [4.78, 5) is 11.5. The second kappa shape index (κ2) is 6.12. The maximum Gasteiger partial charge on any atom is 0.220 e. The Hall–Kier alpha value is -0.730. The summed E-state index contributed by atoms with van der Waals surface area (Å²) < 4.78 is 0. The molecule has 0 aliphatic rings. The fourth-order valence-electron chi connectivity index (χ4n) is 1.40. The minimum atomic E-state index is 0.0194. The van der Waals surface area contributed by atoms with E-state index in [-0.39, 0.29) is 11.9 Å². The van der Waals surface area contributed by atoms with Crippen LogP contribution in [0.5, 0.6) is 0 Å². The molecule has 4 heteroatoms. The average Bonchev–Trinajstić information content (AvgIpc) is 2.15. The lowest BCUT2D eigenvalue weighted by molar-refractivity contribution is -0.121. The first-order valence-electron chi connectivity index (χ1n) is 5.23. The molecule has 0 saturated carbocycles. The SMILES string of the molecule is CC(C)NC(=O)CCc1c(Cl)cccc1Cl. The molecule has 16 heavy (non-hydrogen) atoms. The number of carbonyl (C=O) groups excluding carboxylic acids is 1.